The molecule has 0 saturated heterocycles. The van der Waals surface area contributed by atoms with E-state index in [9.17, 15) is 10.2 Å². The number of hydrogen-bond acceptors (Lipinski definition) is 3. The van der Waals surface area contributed by atoms with Crippen molar-refractivity contribution in [3.05, 3.63) is 42.0 Å². The molecule has 2 aromatic carbocycles. The summed E-state index contributed by atoms with van der Waals surface area (Å²) in [6, 6.07) is 10.4. The molecule has 0 heterocycles. The van der Waals surface area contributed by atoms with Gasteiger partial charge in [0.25, 0.3) is 0 Å². The molecule has 0 aliphatic carbocycles. The molecule has 0 unspecified atom stereocenters. The summed E-state index contributed by atoms with van der Waals surface area (Å²) < 4.78 is 5.05. The van der Waals surface area contributed by atoms with Crippen molar-refractivity contribution in [1.29, 1.82) is 0 Å². The Hall–Kier alpha value is -2.16. The Labute approximate surface area is 114 Å². The van der Waals surface area contributed by atoms with Crippen LogP contribution in [0.4, 0.5) is 0 Å². The lowest BCUT2D eigenvalue weighted by Crippen LogP contribution is -1.86. The topological polar surface area (TPSA) is 49.7 Å². The molecule has 0 aromatic heterocycles. The van der Waals surface area contributed by atoms with Gasteiger partial charge in [0.2, 0.25) is 0 Å². The molecule has 2 N–H and O–H groups in total. The molecule has 0 aliphatic heterocycles. The quantitative estimate of drug-likeness (QED) is 0.854. The van der Waals surface area contributed by atoms with Gasteiger partial charge in [-0.15, -0.1) is 0 Å². The van der Waals surface area contributed by atoms with Crippen molar-refractivity contribution in [2.45, 2.75) is 20.8 Å². The van der Waals surface area contributed by atoms with Crippen LogP contribution in [0.3, 0.4) is 0 Å². The second-order valence-corrected chi connectivity index (χ2v) is 3.91. The zero-order chi connectivity index (χ0) is 14.4. The van der Waals surface area contributed by atoms with Gasteiger partial charge in [-0.3, -0.25) is 0 Å². The first-order valence-electron chi connectivity index (χ1n) is 6.29. The minimum absolute atomic E-state index is 0.0865. The van der Waals surface area contributed by atoms with E-state index in [-0.39, 0.29) is 11.5 Å². The van der Waals surface area contributed by atoms with E-state index < -0.39 is 0 Å². The van der Waals surface area contributed by atoms with Gasteiger partial charge in [-0.1, -0.05) is 31.5 Å². The van der Waals surface area contributed by atoms with E-state index >= 15 is 0 Å². The summed E-state index contributed by atoms with van der Waals surface area (Å²) in [7, 11) is 1.49. The fraction of sp³-hybridized carbons (Fsp3) is 0.250. The number of methoxy groups -OCH3 is 1. The molecule has 3 heteroatoms. The van der Waals surface area contributed by atoms with Crippen molar-refractivity contribution < 1.29 is 14.9 Å². The Morgan fingerprint density at radius 3 is 2.16 bits per heavy atom. The highest BCUT2D eigenvalue weighted by atomic mass is 16.5. The molecule has 0 bridgehead atoms. The van der Waals surface area contributed by atoms with Crippen molar-refractivity contribution >= 4 is 0 Å². The highest BCUT2D eigenvalue weighted by molar-refractivity contribution is 5.73. The maximum atomic E-state index is 9.82. The number of phenolic OH excluding ortho intramolecular Hbond substituents is 2. The smallest absolute Gasteiger partial charge is 0.161 e. The fourth-order valence-corrected chi connectivity index (χ4v) is 1.73. The molecule has 2 rings (SSSR count). The average Bonchev–Trinajstić information content (AvgIpc) is 2.44. The molecule has 3 nitrogen and oxygen atoms in total. The molecule has 0 amide bonds. The first-order valence-corrected chi connectivity index (χ1v) is 6.29. The fourth-order valence-electron chi connectivity index (χ4n) is 1.73. The van der Waals surface area contributed by atoms with Crippen LogP contribution in [0, 0.1) is 6.92 Å². The van der Waals surface area contributed by atoms with E-state index in [1.54, 1.807) is 24.3 Å². The van der Waals surface area contributed by atoms with Gasteiger partial charge in [0, 0.05) is 5.56 Å². The van der Waals surface area contributed by atoms with Gasteiger partial charge in [-0.2, -0.15) is 0 Å². The van der Waals surface area contributed by atoms with Crippen LogP contribution in [0.25, 0.3) is 11.1 Å². The largest absolute Gasteiger partial charge is 0.507 e. The van der Waals surface area contributed by atoms with Crippen LogP contribution < -0.4 is 4.74 Å². The van der Waals surface area contributed by atoms with E-state index in [1.807, 2.05) is 32.9 Å². The van der Waals surface area contributed by atoms with E-state index in [2.05, 4.69) is 0 Å². The van der Waals surface area contributed by atoms with Crippen LogP contribution in [0.5, 0.6) is 17.2 Å². The lowest BCUT2D eigenvalue weighted by Gasteiger charge is -2.09. The van der Waals surface area contributed by atoms with Gasteiger partial charge in [0.05, 0.1) is 7.11 Å². The van der Waals surface area contributed by atoms with Gasteiger partial charge in [0.1, 0.15) is 5.75 Å². The summed E-state index contributed by atoms with van der Waals surface area (Å²) in [5.74, 6) is 0.690. The van der Waals surface area contributed by atoms with Gasteiger partial charge in [-0.25, -0.2) is 0 Å². The highest BCUT2D eigenvalue weighted by Crippen LogP contribution is 2.35. The van der Waals surface area contributed by atoms with E-state index in [1.165, 1.54) is 7.11 Å². The monoisotopic (exact) mass is 260 g/mol. The number of benzene rings is 2. The lowest BCUT2D eigenvalue weighted by molar-refractivity contribution is 0.373. The zero-order valence-electron chi connectivity index (χ0n) is 11.8. The van der Waals surface area contributed by atoms with Crippen molar-refractivity contribution in [1.82, 2.24) is 0 Å². The highest BCUT2D eigenvalue weighted by Gasteiger charge is 2.08. The summed E-state index contributed by atoms with van der Waals surface area (Å²) in [4.78, 5) is 0. The second kappa shape index (κ2) is 6.69. The third kappa shape index (κ3) is 3.41. The number of aromatic hydroxyl groups is 2. The summed E-state index contributed by atoms with van der Waals surface area (Å²) >= 11 is 0. The standard InChI is InChI=1S/C14H14O3.C2H6/c1-9-3-5-12(15)11(7-9)10-4-6-13(16)14(8-10)17-2;1-2/h3-8,15-16H,1-2H3;1-2H3. The number of rotatable bonds is 2. The molecule has 2 aromatic rings. The summed E-state index contributed by atoms with van der Waals surface area (Å²) in [5, 5.41) is 19.3. The van der Waals surface area contributed by atoms with Crippen LogP contribution >= 0.6 is 0 Å². The Kier molecular flexibility index (Phi) is 5.24. The van der Waals surface area contributed by atoms with E-state index in [4.69, 9.17) is 4.74 Å². The molecular weight excluding hydrogens is 240 g/mol. The Balaban J connectivity index is 0.000000861. The van der Waals surface area contributed by atoms with Crippen molar-refractivity contribution in [3.63, 3.8) is 0 Å². The van der Waals surface area contributed by atoms with Crippen molar-refractivity contribution in [2.75, 3.05) is 7.11 Å². The SMILES string of the molecule is CC.COc1cc(-c2cc(C)ccc2O)ccc1O. The van der Waals surface area contributed by atoms with Crippen LogP contribution in [0.1, 0.15) is 19.4 Å². The third-order valence-corrected chi connectivity index (χ3v) is 2.64. The minimum atomic E-state index is 0.0865. The van der Waals surface area contributed by atoms with E-state index in [0.29, 0.717) is 5.75 Å². The molecular formula is C16H20O3. The molecule has 0 radical (unpaired) electrons. The third-order valence-electron chi connectivity index (χ3n) is 2.64. The maximum Gasteiger partial charge on any atom is 0.161 e. The second-order valence-electron chi connectivity index (χ2n) is 3.91. The lowest BCUT2D eigenvalue weighted by atomic mass is 10.0. The van der Waals surface area contributed by atoms with Crippen LogP contribution in [-0.4, -0.2) is 17.3 Å². The molecule has 19 heavy (non-hydrogen) atoms. The molecule has 102 valence electrons. The Morgan fingerprint density at radius 2 is 1.53 bits per heavy atom. The molecule has 0 saturated carbocycles. The Morgan fingerprint density at radius 1 is 0.895 bits per heavy atom. The van der Waals surface area contributed by atoms with Gasteiger partial charge >= 0.3 is 0 Å². The first-order chi connectivity index (χ1) is 9.11. The van der Waals surface area contributed by atoms with Crippen LogP contribution in [0.15, 0.2) is 36.4 Å². The molecule has 0 fully saturated rings. The maximum absolute atomic E-state index is 9.82. The number of ether oxygens (including phenoxy) is 1. The minimum Gasteiger partial charge on any atom is -0.507 e. The number of phenols is 2. The molecule has 0 aliphatic rings. The van der Waals surface area contributed by atoms with Gasteiger partial charge in [0.15, 0.2) is 11.5 Å². The van der Waals surface area contributed by atoms with Crippen LogP contribution in [-0.2, 0) is 0 Å². The van der Waals surface area contributed by atoms with Gasteiger partial charge < -0.3 is 14.9 Å². The normalized spacial score (nSPS) is 9.47. The predicted octanol–water partition coefficient (Wildman–Crippen LogP) is 4.11. The number of aryl methyl sites for hydroxylation is 1. The Bertz CT molecular complexity index is 548. The summed E-state index contributed by atoms with van der Waals surface area (Å²) in [6.45, 7) is 5.96. The van der Waals surface area contributed by atoms with E-state index in [0.717, 1.165) is 16.7 Å². The summed E-state index contributed by atoms with van der Waals surface area (Å²) in [6.07, 6.45) is 0. The molecule has 0 spiro atoms. The molecule has 0 atom stereocenters. The first kappa shape index (κ1) is 14.9. The van der Waals surface area contributed by atoms with Crippen molar-refractivity contribution in [3.8, 4) is 28.4 Å². The summed E-state index contributed by atoms with van der Waals surface area (Å²) in [5.41, 5.74) is 2.59. The van der Waals surface area contributed by atoms with Crippen LogP contribution in [0.2, 0.25) is 0 Å². The van der Waals surface area contributed by atoms with Crippen molar-refractivity contribution in [2.24, 2.45) is 0 Å². The predicted molar refractivity (Wildman–Crippen MR) is 77.8 cm³/mol. The van der Waals surface area contributed by atoms with Gasteiger partial charge in [-0.05, 0) is 36.8 Å². The number of hydrogen-bond donors (Lipinski definition) is 2. The zero-order valence-corrected chi connectivity index (χ0v) is 11.8. The average molecular weight is 260 g/mol.